The van der Waals surface area contributed by atoms with Gasteiger partial charge in [-0.2, -0.15) is 0 Å². The van der Waals surface area contributed by atoms with E-state index in [-0.39, 0.29) is 18.3 Å². The number of fused-ring (bicyclic) bond motifs is 1. The maximum Gasteiger partial charge on any atom is 0.260 e. The molecule has 0 spiro atoms. The van der Waals surface area contributed by atoms with Gasteiger partial charge in [-0.3, -0.25) is 4.79 Å². The number of hydrogen-bond acceptors (Lipinski definition) is 5. The Morgan fingerprint density at radius 3 is 2.36 bits per heavy atom. The van der Waals surface area contributed by atoms with Crippen LogP contribution in [-0.4, -0.2) is 58.1 Å². The molecule has 5 aromatic rings. The molecule has 8 heteroatoms. The van der Waals surface area contributed by atoms with Crippen LogP contribution in [0.1, 0.15) is 5.56 Å². The van der Waals surface area contributed by atoms with Gasteiger partial charge in [0.25, 0.3) is 5.91 Å². The smallest absolute Gasteiger partial charge is 0.260 e. The molecule has 0 atom stereocenters. The van der Waals surface area contributed by atoms with Crippen molar-refractivity contribution >= 4 is 22.8 Å². The minimum absolute atomic E-state index is 0.0152. The van der Waals surface area contributed by atoms with Gasteiger partial charge in [0.15, 0.2) is 12.3 Å². The fraction of sp³-hybridized carbons (Fsp3) is 0.194. The zero-order valence-corrected chi connectivity index (χ0v) is 21.6. The predicted octanol–water partition coefficient (Wildman–Crippen LogP) is 5.26. The van der Waals surface area contributed by atoms with E-state index in [9.17, 15) is 9.18 Å². The van der Waals surface area contributed by atoms with Gasteiger partial charge in [-0.05, 0) is 48.4 Å². The highest BCUT2D eigenvalue weighted by Crippen LogP contribution is 2.37. The molecule has 1 saturated heterocycles. The zero-order valence-electron chi connectivity index (χ0n) is 21.6. The fourth-order valence-electron chi connectivity index (χ4n) is 5.04. The van der Waals surface area contributed by atoms with Crippen molar-refractivity contribution in [1.29, 1.82) is 0 Å². The average molecular weight is 522 g/mol. The Balaban J connectivity index is 1.27. The highest BCUT2D eigenvalue weighted by Gasteiger charge is 2.26. The summed E-state index contributed by atoms with van der Waals surface area (Å²) < 4.78 is 21.4. The Hall–Kier alpha value is -4.72. The van der Waals surface area contributed by atoms with E-state index in [0.29, 0.717) is 26.2 Å². The third kappa shape index (κ3) is 4.93. The first-order chi connectivity index (χ1) is 19.1. The lowest BCUT2D eigenvalue weighted by Gasteiger charge is -2.35. The number of hydrogen-bond donors (Lipinski definition) is 0. The quantitative estimate of drug-likeness (QED) is 0.305. The molecule has 3 heterocycles. The van der Waals surface area contributed by atoms with Gasteiger partial charge >= 0.3 is 0 Å². The van der Waals surface area contributed by atoms with Crippen molar-refractivity contribution in [3.05, 3.63) is 103 Å². The number of aryl methyl sites for hydroxylation is 1. The number of carbonyl (C=O) groups is 1. The van der Waals surface area contributed by atoms with E-state index in [1.807, 2.05) is 65.1 Å². The molecular weight excluding hydrogens is 493 g/mol. The molecule has 0 aliphatic carbocycles. The van der Waals surface area contributed by atoms with Crippen LogP contribution in [-0.2, 0) is 4.79 Å². The summed E-state index contributed by atoms with van der Waals surface area (Å²) in [5.41, 5.74) is 4.61. The molecular formula is C31H28FN5O2. The molecule has 1 aliphatic rings. The van der Waals surface area contributed by atoms with E-state index in [2.05, 4.69) is 22.0 Å². The molecule has 3 aromatic carbocycles. The maximum absolute atomic E-state index is 13.7. The number of amides is 1. The standard InChI is InChI=1S/C31H28FN5O2/c1-22-7-5-6-10-27(22)39-20-28(38)35-15-17-36(18-16-35)30-29-26(23-8-3-2-4-9-23)19-37(31(29)34-21-33-30)25-13-11-24(32)12-14-25/h2-14,19,21H,15-18,20H2,1H3. The summed E-state index contributed by atoms with van der Waals surface area (Å²) in [6.07, 6.45) is 3.61. The number of nitrogens with zero attached hydrogens (tertiary/aromatic N) is 5. The van der Waals surface area contributed by atoms with E-state index >= 15 is 0 Å². The summed E-state index contributed by atoms with van der Waals surface area (Å²) in [5, 5.41) is 0.927. The third-order valence-electron chi connectivity index (χ3n) is 7.13. The second-order valence-electron chi connectivity index (χ2n) is 9.57. The monoisotopic (exact) mass is 521 g/mol. The predicted molar refractivity (Wildman–Crippen MR) is 150 cm³/mol. The van der Waals surface area contributed by atoms with Crippen molar-refractivity contribution in [2.45, 2.75) is 6.92 Å². The van der Waals surface area contributed by atoms with Crippen LogP contribution in [0.2, 0.25) is 0 Å². The molecule has 0 N–H and O–H groups in total. The second kappa shape index (κ2) is 10.6. The molecule has 1 aliphatic heterocycles. The van der Waals surface area contributed by atoms with Crippen LogP contribution >= 0.6 is 0 Å². The van der Waals surface area contributed by atoms with Gasteiger partial charge in [-0.25, -0.2) is 14.4 Å². The average Bonchev–Trinajstić information content (AvgIpc) is 3.37. The summed E-state index contributed by atoms with van der Waals surface area (Å²) in [4.78, 5) is 26.3. The minimum Gasteiger partial charge on any atom is -0.484 e. The van der Waals surface area contributed by atoms with Gasteiger partial charge in [-0.1, -0.05) is 48.5 Å². The molecule has 0 unspecified atom stereocenters. The first kappa shape index (κ1) is 24.6. The lowest BCUT2D eigenvalue weighted by atomic mass is 10.1. The van der Waals surface area contributed by atoms with E-state index in [1.54, 1.807) is 18.5 Å². The third-order valence-corrected chi connectivity index (χ3v) is 7.13. The fourth-order valence-corrected chi connectivity index (χ4v) is 5.04. The minimum atomic E-state index is -0.287. The number of ether oxygens (including phenoxy) is 1. The van der Waals surface area contributed by atoms with Gasteiger partial charge in [0.1, 0.15) is 23.7 Å². The summed E-state index contributed by atoms with van der Waals surface area (Å²) in [6, 6.07) is 24.2. The lowest BCUT2D eigenvalue weighted by Crippen LogP contribution is -2.50. The second-order valence-corrected chi connectivity index (χ2v) is 9.57. The van der Waals surface area contributed by atoms with Crippen molar-refractivity contribution in [3.63, 3.8) is 0 Å². The summed E-state index contributed by atoms with van der Waals surface area (Å²) in [7, 11) is 0. The Morgan fingerprint density at radius 2 is 1.62 bits per heavy atom. The molecule has 0 radical (unpaired) electrons. The van der Waals surface area contributed by atoms with E-state index < -0.39 is 0 Å². The van der Waals surface area contributed by atoms with Gasteiger partial charge in [0.05, 0.1) is 5.39 Å². The van der Waals surface area contributed by atoms with Crippen molar-refractivity contribution in [1.82, 2.24) is 19.4 Å². The van der Waals surface area contributed by atoms with Crippen LogP contribution in [0.25, 0.3) is 27.8 Å². The number of rotatable bonds is 6. The number of anilines is 1. The largest absolute Gasteiger partial charge is 0.484 e. The number of halogens is 1. The van der Waals surface area contributed by atoms with Crippen molar-refractivity contribution < 1.29 is 13.9 Å². The molecule has 1 fully saturated rings. The van der Waals surface area contributed by atoms with E-state index in [1.165, 1.54) is 12.1 Å². The number of piperazine rings is 1. The van der Waals surface area contributed by atoms with Crippen LogP contribution in [0, 0.1) is 12.7 Å². The van der Waals surface area contributed by atoms with Gasteiger partial charge in [0, 0.05) is 43.6 Å². The van der Waals surface area contributed by atoms with Crippen LogP contribution < -0.4 is 9.64 Å². The molecule has 39 heavy (non-hydrogen) atoms. The molecule has 0 bridgehead atoms. The van der Waals surface area contributed by atoms with Crippen LogP contribution in [0.5, 0.6) is 5.75 Å². The molecule has 0 saturated carbocycles. The lowest BCUT2D eigenvalue weighted by molar-refractivity contribution is -0.133. The molecule has 1 amide bonds. The number of aromatic nitrogens is 3. The van der Waals surface area contributed by atoms with Crippen LogP contribution in [0.4, 0.5) is 10.2 Å². The number of benzene rings is 3. The Bertz CT molecular complexity index is 1610. The van der Waals surface area contributed by atoms with Crippen LogP contribution in [0.3, 0.4) is 0 Å². The first-order valence-corrected chi connectivity index (χ1v) is 13.0. The van der Waals surface area contributed by atoms with Gasteiger partial charge in [0.2, 0.25) is 0 Å². The van der Waals surface area contributed by atoms with E-state index in [4.69, 9.17) is 9.72 Å². The van der Waals surface area contributed by atoms with Crippen LogP contribution in [0.15, 0.2) is 91.4 Å². The van der Waals surface area contributed by atoms with Crippen molar-refractivity contribution in [2.75, 3.05) is 37.7 Å². The first-order valence-electron chi connectivity index (χ1n) is 13.0. The molecule has 6 rings (SSSR count). The molecule has 2 aromatic heterocycles. The number of carbonyl (C=O) groups excluding carboxylic acids is 1. The zero-order chi connectivity index (χ0) is 26.8. The van der Waals surface area contributed by atoms with Crippen molar-refractivity contribution in [3.8, 4) is 22.6 Å². The summed E-state index contributed by atoms with van der Waals surface area (Å²) in [6.45, 7) is 4.40. The van der Waals surface area contributed by atoms with Gasteiger partial charge in [-0.15, -0.1) is 0 Å². The van der Waals surface area contributed by atoms with Gasteiger partial charge < -0.3 is 19.1 Å². The summed E-state index contributed by atoms with van der Waals surface area (Å²) >= 11 is 0. The highest BCUT2D eigenvalue weighted by molar-refractivity contribution is 6.02. The Kier molecular flexibility index (Phi) is 6.67. The topological polar surface area (TPSA) is 63.5 Å². The molecule has 196 valence electrons. The Morgan fingerprint density at radius 1 is 0.897 bits per heavy atom. The molecule has 7 nitrogen and oxygen atoms in total. The van der Waals surface area contributed by atoms with E-state index in [0.717, 1.165) is 45.0 Å². The summed E-state index contributed by atoms with van der Waals surface area (Å²) in [5.74, 6) is 1.23. The SMILES string of the molecule is Cc1ccccc1OCC(=O)N1CCN(c2ncnc3c2c(-c2ccccc2)cn3-c2ccc(F)cc2)CC1. The Labute approximate surface area is 226 Å². The normalized spacial score (nSPS) is 13.6. The number of para-hydroxylation sites is 1. The highest BCUT2D eigenvalue weighted by atomic mass is 19.1. The maximum atomic E-state index is 13.7. The van der Waals surface area contributed by atoms with Crippen molar-refractivity contribution in [2.24, 2.45) is 0 Å².